The number of hydrogen-bond acceptors (Lipinski definition) is 2. The number of hydrogen-bond donors (Lipinski definition) is 1. The van der Waals surface area contributed by atoms with Crippen LogP contribution in [0.3, 0.4) is 0 Å². The Balaban J connectivity index is 2.16. The molecule has 0 unspecified atom stereocenters. The van der Waals surface area contributed by atoms with E-state index < -0.39 is 5.60 Å². The summed E-state index contributed by atoms with van der Waals surface area (Å²) in [6, 6.07) is 2.08. The van der Waals surface area contributed by atoms with Crippen molar-refractivity contribution in [3.63, 3.8) is 0 Å². The summed E-state index contributed by atoms with van der Waals surface area (Å²) >= 11 is 3.40. The number of nitrogens with zero attached hydrogens (tertiary/aromatic N) is 2. The van der Waals surface area contributed by atoms with Crippen molar-refractivity contribution in [3.05, 3.63) is 22.4 Å². The van der Waals surface area contributed by atoms with Gasteiger partial charge in [0, 0.05) is 16.7 Å². The molecule has 0 radical (unpaired) electrons. The van der Waals surface area contributed by atoms with Crippen molar-refractivity contribution in [2.24, 2.45) is 0 Å². The van der Waals surface area contributed by atoms with Crippen LogP contribution < -0.4 is 0 Å². The summed E-state index contributed by atoms with van der Waals surface area (Å²) in [5, 5.41) is 9.96. The van der Waals surface area contributed by atoms with Crippen molar-refractivity contribution in [2.75, 3.05) is 13.1 Å². The van der Waals surface area contributed by atoms with Crippen LogP contribution in [0.2, 0.25) is 0 Å². The minimum absolute atomic E-state index is 0.00692. The average molecular weight is 315 g/mol. The maximum absolute atomic E-state index is 12.3. The fraction of sp³-hybridized carbons (Fsp3) is 0.615. The molecule has 0 atom stereocenters. The summed E-state index contributed by atoms with van der Waals surface area (Å²) in [5.41, 5.74) is -0.00247. The largest absolute Gasteiger partial charge is 0.386 e. The molecule has 1 aromatic rings. The molecule has 2 heterocycles. The Labute approximate surface area is 116 Å². The van der Waals surface area contributed by atoms with Crippen LogP contribution in [-0.4, -0.2) is 39.2 Å². The molecule has 1 N–H and O–H groups in total. The van der Waals surface area contributed by atoms with E-state index >= 15 is 0 Å². The van der Waals surface area contributed by atoms with E-state index in [1.165, 1.54) is 0 Å². The fourth-order valence-electron chi connectivity index (χ4n) is 2.24. The molecule has 0 saturated carbocycles. The molecule has 0 aromatic carbocycles. The monoisotopic (exact) mass is 314 g/mol. The second-order valence-corrected chi connectivity index (χ2v) is 6.20. The molecule has 0 spiro atoms. The van der Waals surface area contributed by atoms with Crippen molar-refractivity contribution < 1.29 is 9.90 Å². The summed E-state index contributed by atoms with van der Waals surface area (Å²) in [6.07, 6.45) is 2.61. The van der Waals surface area contributed by atoms with Gasteiger partial charge in [0.15, 0.2) is 0 Å². The van der Waals surface area contributed by atoms with E-state index in [0.717, 1.165) is 4.47 Å². The van der Waals surface area contributed by atoms with E-state index in [2.05, 4.69) is 15.9 Å². The SMILES string of the molecule is CCC1(O)CN(C(=O)c2cc(Br)cn2C(C)C)C1. The van der Waals surface area contributed by atoms with Gasteiger partial charge in [0.2, 0.25) is 0 Å². The lowest BCUT2D eigenvalue weighted by Crippen LogP contribution is -2.63. The van der Waals surface area contributed by atoms with Crippen molar-refractivity contribution in [3.8, 4) is 0 Å². The van der Waals surface area contributed by atoms with Gasteiger partial charge in [-0.05, 0) is 42.3 Å². The summed E-state index contributed by atoms with van der Waals surface area (Å²) in [4.78, 5) is 14.0. The number of aliphatic hydroxyl groups is 1. The number of β-amino-alcohol motifs (C(OH)–C–C–N with tert-alkyl or cyclic N) is 1. The normalized spacial score (nSPS) is 18.0. The third kappa shape index (κ3) is 2.34. The first kappa shape index (κ1) is 13.6. The first-order valence-electron chi connectivity index (χ1n) is 6.25. The number of likely N-dealkylation sites (tertiary alicyclic amines) is 1. The van der Waals surface area contributed by atoms with Crippen LogP contribution in [0.1, 0.15) is 43.7 Å². The molecule has 5 heteroatoms. The first-order valence-corrected chi connectivity index (χ1v) is 7.04. The van der Waals surface area contributed by atoms with Crippen LogP contribution >= 0.6 is 15.9 Å². The highest BCUT2D eigenvalue weighted by atomic mass is 79.9. The molecule has 1 aliphatic heterocycles. The topological polar surface area (TPSA) is 45.5 Å². The van der Waals surface area contributed by atoms with Gasteiger partial charge >= 0.3 is 0 Å². The Morgan fingerprint density at radius 3 is 2.67 bits per heavy atom. The van der Waals surface area contributed by atoms with Crippen LogP contribution in [0.4, 0.5) is 0 Å². The molecule has 18 heavy (non-hydrogen) atoms. The molecular formula is C13H19BrN2O2. The standard InChI is InChI=1S/C13H19BrN2O2/c1-4-13(18)7-15(8-13)12(17)11-5-10(14)6-16(11)9(2)3/h5-6,9,18H,4,7-8H2,1-3H3. The summed E-state index contributed by atoms with van der Waals surface area (Å²) in [5.74, 6) is -0.00692. The minimum atomic E-state index is -0.678. The van der Waals surface area contributed by atoms with Crippen LogP contribution in [0.15, 0.2) is 16.7 Å². The Bertz CT molecular complexity index is 462. The zero-order valence-electron chi connectivity index (χ0n) is 11.0. The number of carbonyl (C=O) groups excluding carboxylic acids is 1. The van der Waals surface area contributed by atoms with E-state index in [0.29, 0.717) is 25.2 Å². The smallest absolute Gasteiger partial charge is 0.270 e. The van der Waals surface area contributed by atoms with Crippen molar-refractivity contribution in [2.45, 2.75) is 38.8 Å². The van der Waals surface area contributed by atoms with E-state index in [1.807, 2.05) is 37.6 Å². The molecule has 1 amide bonds. The van der Waals surface area contributed by atoms with Crippen molar-refractivity contribution in [1.29, 1.82) is 0 Å². The lowest BCUT2D eigenvalue weighted by Gasteiger charge is -2.46. The zero-order valence-corrected chi connectivity index (χ0v) is 12.6. The highest BCUT2D eigenvalue weighted by molar-refractivity contribution is 9.10. The molecule has 2 rings (SSSR count). The van der Waals surface area contributed by atoms with Gasteiger partial charge in [0.05, 0.1) is 18.7 Å². The van der Waals surface area contributed by atoms with Crippen molar-refractivity contribution in [1.82, 2.24) is 9.47 Å². The van der Waals surface area contributed by atoms with E-state index in [1.54, 1.807) is 4.90 Å². The molecule has 100 valence electrons. The van der Waals surface area contributed by atoms with Crippen LogP contribution in [0.5, 0.6) is 0 Å². The molecule has 4 nitrogen and oxygen atoms in total. The fourth-order valence-corrected chi connectivity index (χ4v) is 2.68. The van der Waals surface area contributed by atoms with Gasteiger partial charge in [0.1, 0.15) is 5.69 Å². The predicted molar refractivity (Wildman–Crippen MR) is 73.7 cm³/mol. The van der Waals surface area contributed by atoms with E-state index in [-0.39, 0.29) is 11.9 Å². The number of carbonyl (C=O) groups is 1. The van der Waals surface area contributed by atoms with Gasteiger partial charge in [-0.15, -0.1) is 0 Å². The molecule has 0 bridgehead atoms. The van der Waals surface area contributed by atoms with E-state index in [9.17, 15) is 9.90 Å². The Morgan fingerprint density at radius 2 is 2.17 bits per heavy atom. The lowest BCUT2D eigenvalue weighted by molar-refractivity contribution is -0.0829. The molecule has 0 aliphatic carbocycles. The van der Waals surface area contributed by atoms with Crippen molar-refractivity contribution >= 4 is 21.8 Å². The predicted octanol–water partition coefficient (Wildman–Crippen LogP) is 2.43. The number of amides is 1. The molecule has 1 saturated heterocycles. The summed E-state index contributed by atoms with van der Waals surface area (Å²) in [7, 11) is 0. The maximum Gasteiger partial charge on any atom is 0.270 e. The van der Waals surface area contributed by atoms with Gasteiger partial charge in [0.25, 0.3) is 5.91 Å². The number of halogens is 1. The molecule has 1 fully saturated rings. The van der Waals surface area contributed by atoms with E-state index in [4.69, 9.17) is 0 Å². The molecule has 1 aromatic heterocycles. The minimum Gasteiger partial charge on any atom is -0.386 e. The quantitative estimate of drug-likeness (QED) is 0.931. The summed E-state index contributed by atoms with van der Waals surface area (Å²) in [6.45, 7) is 6.89. The third-order valence-corrected chi connectivity index (χ3v) is 3.94. The van der Waals surface area contributed by atoms with Gasteiger partial charge in [-0.25, -0.2) is 0 Å². The van der Waals surface area contributed by atoms with Gasteiger partial charge in [-0.1, -0.05) is 6.92 Å². The van der Waals surface area contributed by atoms with Gasteiger partial charge in [-0.2, -0.15) is 0 Å². The van der Waals surface area contributed by atoms with Gasteiger partial charge < -0.3 is 14.6 Å². The Morgan fingerprint density at radius 1 is 1.56 bits per heavy atom. The summed E-state index contributed by atoms with van der Waals surface area (Å²) < 4.78 is 2.86. The highest BCUT2D eigenvalue weighted by Crippen LogP contribution is 2.28. The molecular weight excluding hydrogens is 296 g/mol. The van der Waals surface area contributed by atoms with Crippen LogP contribution in [-0.2, 0) is 0 Å². The number of rotatable bonds is 3. The second kappa shape index (κ2) is 4.70. The van der Waals surface area contributed by atoms with Crippen LogP contribution in [0, 0.1) is 0 Å². The maximum atomic E-state index is 12.3. The Kier molecular flexibility index (Phi) is 3.56. The van der Waals surface area contributed by atoms with Crippen LogP contribution in [0.25, 0.3) is 0 Å². The first-order chi connectivity index (χ1) is 8.36. The zero-order chi connectivity index (χ0) is 13.5. The highest BCUT2D eigenvalue weighted by Gasteiger charge is 2.42. The number of aromatic nitrogens is 1. The average Bonchev–Trinajstić information content (AvgIpc) is 2.66. The Hall–Kier alpha value is -0.810. The second-order valence-electron chi connectivity index (χ2n) is 5.28. The third-order valence-electron chi connectivity index (χ3n) is 3.51. The molecule has 1 aliphatic rings. The van der Waals surface area contributed by atoms with Gasteiger partial charge in [-0.3, -0.25) is 4.79 Å². The lowest BCUT2D eigenvalue weighted by atomic mass is 9.91.